The first-order valence-electron chi connectivity index (χ1n) is 4.20. The number of hydrogen-bond donors (Lipinski definition) is 2. The van der Waals surface area contributed by atoms with Crippen LogP contribution < -0.4 is 11.5 Å². The first kappa shape index (κ1) is 10.6. The lowest BCUT2D eigenvalue weighted by atomic mass is 10.0. The molecular formula is C10H12N2O2. The number of carbonyl (C=O) groups excluding carboxylic acids is 2. The zero-order valence-electron chi connectivity index (χ0n) is 7.59. The van der Waals surface area contributed by atoms with Gasteiger partial charge < -0.3 is 21.1 Å². The highest BCUT2D eigenvalue weighted by Crippen LogP contribution is 2.13. The van der Waals surface area contributed by atoms with Crippen LogP contribution in [0.4, 0.5) is 0 Å². The Morgan fingerprint density at radius 2 is 1.14 bits per heavy atom. The summed E-state index contributed by atoms with van der Waals surface area (Å²) in [7, 11) is 0. The van der Waals surface area contributed by atoms with E-state index in [1.165, 1.54) is 0 Å². The van der Waals surface area contributed by atoms with Crippen LogP contribution in [0.3, 0.4) is 0 Å². The van der Waals surface area contributed by atoms with Gasteiger partial charge in [-0.05, 0) is 11.1 Å². The van der Waals surface area contributed by atoms with Gasteiger partial charge in [0.1, 0.15) is 12.6 Å². The number of benzene rings is 1. The van der Waals surface area contributed by atoms with Gasteiger partial charge in [0.05, 0.1) is 12.1 Å². The molecule has 0 aromatic heterocycles. The Labute approximate surface area is 81.9 Å². The average molecular weight is 192 g/mol. The summed E-state index contributed by atoms with van der Waals surface area (Å²) in [6.45, 7) is 0. The third-order valence-corrected chi connectivity index (χ3v) is 2.00. The molecule has 0 saturated carbocycles. The molecule has 0 aliphatic rings. The van der Waals surface area contributed by atoms with E-state index in [2.05, 4.69) is 0 Å². The van der Waals surface area contributed by atoms with E-state index in [9.17, 15) is 9.59 Å². The third-order valence-electron chi connectivity index (χ3n) is 2.00. The molecule has 0 aliphatic heterocycles. The van der Waals surface area contributed by atoms with Crippen LogP contribution in [0, 0.1) is 0 Å². The molecule has 4 nitrogen and oxygen atoms in total. The van der Waals surface area contributed by atoms with Crippen molar-refractivity contribution in [3.05, 3.63) is 35.4 Å². The molecule has 2 atom stereocenters. The highest BCUT2D eigenvalue weighted by atomic mass is 16.1. The second-order valence-corrected chi connectivity index (χ2v) is 2.99. The minimum Gasteiger partial charge on any atom is -0.318 e. The van der Waals surface area contributed by atoms with Gasteiger partial charge in [-0.15, -0.1) is 0 Å². The molecule has 0 heterocycles. The van der Waals surface area contributed by atoms with Crippen LogP contribution in [0.5, 0.6) is 0 Å². The maximum absolute atomic E-state index is 10.4. The lowest BCUT2D eigenvalue weighted by Gasteiger charge is -2.07. The van der Waals surface area contributed by atoms with Crippen LogP contribution >= 0.6 is 0 Å². The van der Waals surface area contributed by atoms with Gasteiger partial charge in [-0.2, -0.15) is 0 Å². The van der Waals surface area contributed by atoms with E-state index in [0.717, 1.165) is 0 Å². The fraction of sp³-hybridized carbons (Fsp3) is 0.200. The molecule has 14 heavy (non-hydrogen) atoms. The lowest BCUT2D eigenvalue weighted by molar-refractivity contribution is -0.109. The second-order valence-electron chi connectivity index (χ2n) is 2.99. The van der Waals surface area contributed by atoms with E-state index in [1.54, 1.807) is 24.3 Å². The molecule has 0 spiro atoms. The molecule has 0 amide bonds. The Bertz CT molecular complexity index is 288. The summed E-state index contributed by atoms with van der Waals surface area (Å²) < 4.78 is 0. The number of rotatable bonds is 4. The van der Waals surface area contributed by atoms with Crippen molar-refractivity contribution in [3.8, 4) is 0 Å². The summed E-state index contributed by atoms with van der Waals surface area (Å²) in [6, 6.07) is 5.54. The molecule has 74 valence electrons. The van der Waals surface area contributed by atoms with Gasteiger partial charge in [-0.3, -0.25) is 0 Å². The zero-order valence-corrected chi connectivity index (χ0v) is 7.59. The molecule has 0 bridgehead atoms. The maximum atomic E-state index is 10.4. The number of aldehydes is 2. The van der Waals surface area contributed by atoms with Crippen molar-refractivity contribution in [2.45, 2.75) is 12.1 Å². The monoisotopic (exact) mass is 192 g/mol. The minimum absolute atomic E-state index is 0.614. The van der Waals surface area contributed by atoms with E-state index >= 15 is 0 Å². The molecule has 0 fully saturated rings. The molecule has 0 radical (unpaired) electrons. The predicted molar refractivity (Wildman–Crippen MR) is 52.4 cm³/mol. The molecule has 4 heteroatoms. The van der Waals surface area contributed by atoms with E-state index in [-0.39, 0.29) is 0 Å². The van der Waals surface area contributed by atoms with Crippen molar-refractivity contribution in [2.75, 3.05) is 0 Å². The number of hydrogen-bond acceptors (Lipinski definition) is 4. The van der Waals surface area contributed by atoms with Crippen molar-refractivity contribution in [1.29, 1.82) is 0 Å². The number of carbonyl (C=O) groups is 2. The summed E-state index contributed by atoms with van der Waals surface area (Å²) in [4.78, 5) is 20.7. The van der Waals surface area contributed by atoms with E-state index < -0.39 is 12.1 Å². The maximum Gasteiger partial charge on any atom is 0.141 e. The van der Waals surface area contributed by atoms with Crippen LogP contribution in [-0.4, -0.2) is 12.6 Å². The molecule has 1 aromatic carbocycles. The Morgan fingerprint density at radius 1 is 0.857 bits per heavy atom. The molecule has 1 aromatic rings. The van der Waals surface area contributed by atoms with Gasteiger partial charge in [0.25, 0.3) is 0 Å². The molecule has 1 rings (SSSR count). The summed E-state index contributed by atoms with van der Waals surface area (Å²) in [6.07, 6.45) is 1.32. The van der Waals surface area contributed by atoms with E-state index in [4.69, 9.17) is 11.5 Å². The fourth-order valence-corrected chi connectivity index (χ4v) is 1.10. The highest BCUT2D eigenvalue weighted by Gasteiger charge is 2.06. The van der Waals surface area contributed by atoms with Crippen LogP contribution in [0.2, 0.25) is 0 Å². The standard InChI is InChI=1S/C10H12N2O2/c11-9(5-13)7-1-2-8(4-3-7)10(12)6-14/h1-6,9-10H,11-12H2. The van der Waals surface area contributed by atoms with Gasteiger partial charge in [-0.25, -0.2) is 0 Å². The SMILES string of the molecule is NC(C=O)c1ccc(C(N)C=O)cc1. The van der Waals surface area contributed by atoms with Gasteiger partial charge in [-0.1, -0.05) is 24.3 Å². The van der Waals surface area contributed by atoms with Crippen LogP contribution in [0.15, 0.2) is 24.3 Å². The Kier molecular flexibility index (Phi) is 3.50. The van der Waals surface area contributed by atoms with Crippen LogP contribution in [0.1, 0.15) is 23.2 Å². The summed E-state index contributed by atoms with van der Waals surface area (Å²) in [5.74, 6) is 0. The summed E-state index contributed by atoms with van der Waals surface area (Å²) in [5, 5.41) is 0. The largest absolute Gasteiger partial charge is 0.318 e. The molecular weight excluding hydrogens is 180 g/mol. The molecule has 0 saturated heterocycles. The van der Waals surface area contributed by atoms with Crippen molar-refractivity contribution in [2.24, 2.45) is 11.5 Å². The Hall–Kier alpha value is -1.52. The molecule has 2 unspecified atom stereocenters. The van der Waals surface area contributed by atoms with E-state index in [1.807, 2.05) is 0 Å². The molecule has 0 aliphatic carbocycles. The van der Waals surface area contributed by atoms with Gasteiger partial charge in [0, 0.05) is 0 Å². The predicted octanol–water partition coefficient (Wildman–Crippen LogP) is 0.0840. The van der Waals surface area contributed by atoms with Crippen LogP contribution in [-0.2, 0) is 9.59 Å². The third kappa shape index (κ3) is 2.25. The Balaban J connectivity index is 2.88. The van der Waals surface area contributed by atoms with Gasteiger partial charge in [0.2, 0.25) is 0 Å². The van der Waals surface area contributed by atoms with Gasteiger partial charge in [0.15, 0.2) is 0 Å². The topological polar surface area (TPSA) is 86.2 Å². The lowest BCUT2D eigenvalue weighted by Crippen LogP contribution is -2.13. The summed E-state index contributed by atoms with van der Waals surface area (Å²) in [5.41, 5.74) is 12.4. The minimum atomic E-state index is -0.614. The molecule has 4 N–H and O–H groups in total. The fourth-order valence-electron chi connectivity index (χ4n) is 1.10. The van der Waals surface area contributed by atoms with Crippen molar-refractivity contribution in [3.63, 3.8) is 0 Å². The van der Waals surface area contributed by atoms with Gasteiger partial charge >= 0.3 is 0 Å². The quantitative estimate of drug-likeness (QED) is 0.661. The Morgan fingerprint density at radius 3 is 1.36 bits per heavy atom. The highest BCUT2D eigenvalue weighted by molar-refractivity contribution is 5.63. The first-order chi connectivity index (χ1) is 6.69. The normalized spacial score (nSPS) is 14.4. The smallest absolute Gasteiger partial charge is 0.141 e. The number of nitrogens with two attached hydrogens (primary N) is 2. The summed E-state index contributed by atoms with van der Waals surface area (Å²) >= 11 is 0. The average Bonchev–Trinajstić information content (AvgIpc) is 2.27. The van der Waals surface area contributed by atoms with Crippen molar-refractivity contribution < 1.29 is 9.59 Å². The zero-order chi connectivity index (χ0) is 10.6. The van der Waals surface area contributed by atoms with Crippen LogP contribution in [0.25, 0.3) is 0 Å². The van der Waals surface area contributed by atoms with E-state index in [0.29, 0.717) is 23.7 Å². The van der Waals surface area contributed by atoms with Crippen molar-refractivity contribution >= 4 is 12.6 Å². The first-order valence-corrected chi connectivity index (χ1v) is 4.20. The second kappa shape index (κ2) is 4.64. The van der Waals surface area contributed by atoms with Crippen molar-refractivity contribution in [1.82, 2.24) is 0 Å².